The molecule has 5 nitrogen and oxygen atoms in total. The van der Waals surface area contributed by atoms with Gasteiger partial charge in [0.05, 0.1) is 15.6 Å². The summed E-state index contributed by atoms with van der Waals surface area (Å²) in [6.07, 6.45) is 0.790. The van der Waals surface area contributed by atoms with Crippen LogP contribution in [0, 0.1) is 0 Å². The number of hydrogen-bond donors (Lipinski definition) is 1. The molecule has 0 atom stereocenters. The van der Waals surface area contributed by atoms with E-state index in [9.17, 15) is 9.59 Å². The maximum atomic E-state index is 12.6. The lowest BCUT2D eigenvalue weighted by atomic mass is 10.1. The third-order valence-electron chi connectivity index (χ3n) is 4.57. The molecular formula is C20H21Cl2N3O2. The zero-order valence-electron chi connectivity index (χ0n) is 14.8. The van der Waals surface area contributed by atoms with Gasteiger partial charge in [0, 0.05) is 32.7 Å². The van der Waals surface area contributed by atoms with Crippen LogP contribution in [0.3, 0.4) is 0 Å². The monoisotopic (exact) mass is 405 g/mol. The van der Waals surface area contributed by atoms with Gasteiger partial charge >= 0.3 is 6.03 Å². The third kappa shape index (κ3) is 4.93. The Kier molecular flexibility index (Phi) is 6.58. The van der Waals surface area contributed by atoms with Crippen molar-refractivity contribution in [1.29, 1.82) is 0 Å². The summed E-state index contributed by atoms with van der Waals surface area (Å²) >= 11 is 12.1. The fraction of sp³-hybridized carbons (Fsp3) is 0.300. The van der Waals surface area contributed by atoms with Crippen LogP contribution in [0.15, 0.2) is 48.5 Å². The van der Waals surface area contributed by atoms with E-state index in [4.69, 9.17) is 23.2 Å². The molecule has 1 aliphatic rings. The number of nitrogens with zero attached hydrogens (tertiary/aromatic N) is 2. The average Bonchev–Trinajstić information content (AvgIpc) is 2.70. The number of nitrogens with one attached hydrogen (secondary N) is 1. The number of benzene rings is 2. The van der Waals surface area contributed by atoms with Crippen molar-refractivity contribution in [2.75, 3.05) is 32.7 Å². The van der Waals surface area contributed by atoms with Gasteiger partial charge in [-0.25, -0.2) is 4.79 Å². The highest BCUT2D eigenvalue weighted by atomic mass is 35.5. The van der Waals surface area contributed by atoms with Gasteiger partial charge in [-0.05, 0) is 24.1 Å². The van der Waals surface area contributed by atoms with E-state index in [1.54, 1.807) is 28.0 Å². The molecule has 1 heterocycles. The van der Waals surface area contributed by atoms with E-state index in [-0.39, 0.29) is 17.0 Å². The predicted octanol–water partition coefficient (Wildman–Crippen LogP) is 3.70. The second-order valence-electron chi connectivity index (χ2n) is 6.35. The van der Waals surface area contributed by atoms with Crippen LogP contribution in [0.4, 0.5) is 4.79 Å². The summed E-state index contributed by atoms with van der Waals surface area (Å²) < 4.78 is 0. The topological polar surface area (TPSA) is 52.7 Å². The minimum absolute atomic E-state index is 0.0983. The molecule has 1 aliphatic heterocycles. The Hall–Kier alpha value is -2.24. The number of urea groups is 1. The lowest BCUT2D eigenvalue weighted by molar-refractivity contribution is 0.0665. The second-order valence-corrected chi connectivity index (χ2v) is 7.13. The lowest BCUT2D eigenvalue weighted by Gasteiger charge is -2.35. The molecule has 2 aromatic carbocycles. The second kappa shape index (κ2) is 9.11. The Bertz CT molecular complexity index is 806. The Morgan fingerprint density at radius 2 is 1.56 bits per heavy atom. The highest BCUT2D eigenvalue weighted by Crippen LogP contribution is 2.26. The Morgan fingerprint density at radius 1 is 0.889 bits per heavy atom. The highest BCUT2D eigenvalue weighted by molar-refractivity contribution is 6.43. The van der Waals surface area contributed by atoms with E-state index < -0.39 is 0 Å². The van der Waals surface area contributed by atoms with Crippen LogP contribution in [-0.4, -0.2) is 54.5 Å². The van der Waals surface area contributed by atoms with E-state index in [2.05, 4.69) is 5.32 Å². The van der Waals surface area contributed by atoms with Crippen LogP contribution in [0.25, 0.3) is 0 Å². The van der Waals surface area contributed by atoms with Gasteiger partial charge in [-0.3, -0.25) is 4.79 Å². The summed E-state index contributed by atoms with van der Waals surface area (Å²) in [5.41, 5.74) is 1.58. The van der Waals surface area contributed by atoms with Crippen molar-refractivity contribution in [1.82, 2.24) is 15.1 Å². The SMILES string of the molecule is O=C(NCCc1ccccc1)N1CCN(C(=O)c2cccc(Cl)c2Cl)CC1. The molecule has 0 aromatic heterocycles. The van der Waals surface area contributed by atoms with Gasteiger partial charge in [0.15, 0.2) is 0 Å². The normalized spacial score (nSPS) is 14.1. The number of hydrogen-bond acceptors (Lipinski definition) is 2. The van der Waals surface area contributed by atoms with Crippen LogP contribution in [0.5, 0.6) is 0 Å². The number of rotatable bonds is 4. The van der Waals surface area contributed by atoms with E-state index in [0.29, 0.717) is 43.3 Å². The van der Waals surface area contributed by atoms with Crippen molar-refractivity contribution < 1.29 is 9.59 Å². The molecule has 3 rings (SSSR count). The quantitative estimate of drug-likeness (QED) is 0.842. The van der Waals surface area contributed by atoms with E-state index in [1.807, 2.05) is 30.3 Å². The first kappa shape index (κ1) is 19.5. The third-order valence-corrected chi connectivity index (χ3v) is 5.39. The van der Waals surface area contributed by atoms with Crippen molar-refractivity contribution in [3.05, 3.63) is 69.7 Å². The molecule has 1 saturated heterocycles. The first-order chi connectivity index (χ1) is 13.1. The van der Waals surface area contributed by atoms with Gasteiger partial charge in [-0.1, -0.05) is 59.6 Å². The largest absolute Gasteiger partial charge is 0.338 e. The summed E-state index contributed by atoms with van der Waals surface area (Å²) in [6.45, 7) is 2.49. The molecule has 142 valence electrons. The molecule has 0 aliphatic carbocycles. The van der Waals surface area contributed by atoms with E-state index >= 15 is 0 Å². The number of carbonyl (C=O) groups excluding carboxylic acids is 2. The number of carbonyl (C=O) groups is 2. The Labute approximate surface area is 168 Å². The van der Waals surface area contributed by atoms with Crippen LogP contribution in [-0.2, 0) is 6.42 Å². The molecule has 2 aromatic rings. The molecule has 3 amide bonds. The first-order valence-electron chi connectivity index (χ1n) is 8.86. The van der Waals surface area contributed by atoms with Gasteiger partial charge in [-0.2, -0.15) is 0 Å². The molecule has 0 bridgehead atoms. The van der Waals surface area contributed by atoms with Gasteiger partial charge < -0.3 is 15.1 Å². The van der Waals surface area contributed by atoms with Crippen LogP contribution < -0.4 is 5.32 Å². The molecule has 1 fully saturated rings. The van der Waals surface area contributed by atoms with Crippen LogP contribution in [0.2, 0.25) is 10.0 Å². The maximum Gasteiger partial charge on any atom is 0.317 e. The fourth-order valence-electron chi connectivity index (χ4n) is 3.02. The molecule has 0 unspecified atom stereocenters. The summed E-state index contributed by atoms with van der Waals surface area (Å²) in [7, 11) is 0. The molecule has 0 radical (unpaired) electrons. The smallest absolute Gasteiger partial charge is 0.317 e. The summed E-state index contributed by atoms with van der Waals surface area (Å²) in [6, 6.07) is 14.9. The Morgan fingerprint density at radius 3 is 2.26 bits per heavy atom. The van der Waals surface area contributed by atoms with Crippen molar-refractivity contribution in [2.24, 2.45) is 0 Å². The minimum Gasteiger partial charge on any atom is -0.338 e. The standard InChI is InChI=1S/C20H21Cl2N3O2/c21-17-8-4-7-16(18(17)22)19(26)24-11-13-25(14-12-24)20(27)23-10-9-15-5-2-1-3-6-15/h1-8H,9-14H2,(H,23,27). The van der Waals surface area contributed by atoms with Crippen molar-refractivity contribution >= 4 is 35.1 Å². The average molecular weight is 406 g/mol. The van der Waals surface area contributed by atoms with E-state index in [0.717, 1.165) is 6.42 Å². The van der Waals surface area contributed by atoms with Gasteiger partial charge in [0.2, 0.25) is 0 Å². The van der Waals surface area contributed by atoms with Crippen molar-refractivity contribution in [3.63, 3.8) is 0 Å². The zero-order chi connectivity index (χ0) is 19.2. The van der Waals surface area contributed by atoms with Gasteiger partial charge in [-0.15, -0.1) is 0 Å². The van der Waals surface area contributed by atoms with Crippen LogP contribution >= 0.6 is 23.2 Å². The maximum absolute atomic E-state index is 12.6. The summed E-state index contributed by atoms with van der Waals surface area (Å²) in [4.78, 5) is 28.4. The molecule has 1 N–H and O–H groups in total. The lowest BCUT2D eigenvalue weighted by Crippen LogP contribution is -2.53. The minimum atomic E-state index is -0.161. The molecule has 0 saturated carbocycles. The Balaban J connectivity index is 1.47. The first-order valence-corrected chi connectivity index (χ1v) is 9.62. The molecule has 0 spiro atoms. The van der Waals surface area contributed by atoms with Crippen molar-refractivity contribution in [2.45, 2.75) is 6.42 Å². The molecule has 7 heteroatoms. The van der Waals surface area contributed by atoms with Gasteiger partial charge in [0.25, 0.3) is 5.91 Å². The summed E-state index contributed by atoms with van der Waals surface area (Å²) in [5, 5.41) is 3.57. The fourth-order valence-corrected chi connectivity index (χ4v) is 3.40. The molecular weight excluding hydrogens is 385 g/mol. The number of piperazine rings is 1. The van der Waals surface area contributed by atoms with E-state index in [1.165, 1.54) is 5.56 Å². The van der Waals surface area contributed by atoms with Crippen molar-refractivity contribution in [3.8, 4) is 0 Å². The zero-order valence-corrected chi connectivity index (χ0v) is 16.3. The number of halogens is 2. The predicted molar refractivity (Wildman–Crippen MR) is 107 cm³/mol. The highest BCUT2D eigenvalue weighted by Gasteiger charge is 2.26. The van der Waals surface area contributed by atoms with Gasteiger partial charge in [0.1, 0.15) is 0 Å². The van der Waals surface area contributed by atoms with Crippen LogP contribution in [0.1, 0.15) is 15.9 Å². The summed E-state index contributed by atoms with van der Waals surface area (Å²) in [5.74, 6) is -0.161. The number of amides is 3. The molecule has 27 heavy (non-hydrogen) atoms.